The van der Waals surface area contributed by atoms with Gasteiger partial charge in [-0.1, -0.05) is 13.8 Å². The third-order valence-electron chi connectivity index (χ3n) is 4.49. The van der Waals surface area contributed by atoms with E-state index in [0.717, 1.165) is 31.4 Å². The van der Waals surface area contributed by atoms with Crippen LogP contribution in [0.2, 0.25) is 0 Å². The SMILES string of the molecule is CCc1nn(C)c(C(=O)NCC2(O)CCC(C)CC2)c1N. The van der Waals surface area contributed by atoms with Crippen LogP contribution in [0.3, 0.4) is 0 Å². The molecule has 0 unspecified atom stereocenters. The molecule has 21 heavy (non-hydrogen) atoms. The number of aromatic nitrogens is 2. The zero-order valence-electron chi connectivity index (χ0n) is 13.1. The third-order valence-corrected chi connectivity index (χ3v) is 4.49. The number of nitrogen functional groups attached to an aromatic ring is 1. The minimum absolute atomic E-state index is 0.268. The van der Waals surface area contributed by atoms with E-state index in [0.29, 0.717) is 23.7 Å². The smallest absolute Gasteiger partial charge is 0.271 e. The molecule has 1 aliphatic carbocycles. The summed E-state index contributed by atoms with van der Waals surface area (Å²) in [7, 11) is 1.71. The van der Waals surface area contributed by atoms with Gasteiger partial charge < -0.3 is 16.2 Å². The molecule has 1 saturated carbocycles. The van der Waals surface area contributed by atoms with Crippen molar-refractivity contribution in [3.8, 4) is 0 Å². The molecule has 1 amide bonds. The molecule has 0 saturated heterocycles. The molecular weight excluding hydrogens is 268 g/mol. The quantitative estimate of drug-likeness (QED) is 0.779. The molecule has 0 aliphatic heterocycles. The average Bonchev–Trinajstić information content (AvgIpc) is 2.74. The van der Waals surface area contributed by atoms with Crippen LogP contribution in [0.4, 0.5) is 5.69 Å². The Morgan fingerprint density at radius 2 is 2.14 bits per heavy atom. The Balaban J connectivity index is 2.01. The summed E-state index contributed by atoms with van der Waals surface area (Å²) in [6, 6.07) is 0. The van der Waals surface area contributed by atoms with E-state index in [4.69, 9.17) is 5.73 Å². The predicted octanol–water partition coefficient (Wildman–Crippen LogP) is 1.24. The van der Waals surface area contributed by atoms with E-state index in [9.17, 15) is 9.90 Å². The lowest BCUT2D eigenvalue weighted by Gasteiger charge is -2.34. The zero-order chi connectivity index (χ0) is 15.6. The van der Waals surface area contributed by atoms with Crippen molar-refractivity contribution >= 4 is 11.6 Å². The molecule has 1 aliphatic rings. The van der Waals surface area contributed by atoms with E-state index in [2.05, 4.69) is 17.3 Å². The van der Waals surface area contributed by atoms with Crippen LogP contribution in [0.15, 0.2) is 0 Å². The maximum absolute atomic E-state index is 12.3. The number of hydrogen-bond acceptors (Lipinski definition) is 4. The van der Waals surface area contributed by atoms with Gasteiger partial charge in [0.25, 0.3) is 5.91 Å². The van der Waals surface area contributed by atoms with Crippen LogP contribution in [0, 0.1) is 5.92 Å². The van der Waals surface area contributed by atoms with Crippen LogP contribution in [-0.2, 0) is 13.5 Å². The fourth-order valence-corrected chi connectivity index (χ4v) is 2.93. The van der Waals surface area contributed by atoms with Crippen LogP contribution in [0.5, 0.6) is 0 Å². The molecule has 0 spiro atoms. The highest BCUT2D eigenvalue weighted by Crippen LogP contribution is 2.31. The van der Waals surface area contributed by atoms with Gasteiger partial charge in [0.05, 0.1) is 17.0 Å². The first kappa shape index (κ1) is 15.8. The average molecular weight is 294 g/mol. The molecule has 0 bridgehead atoms. The number of carbonyl (C=O) groups excluding carboxylic acids is 1. The Kier molecular flexibility index (Phi) is 4.56. The molecule has 0 aromatic carbocycles. The Bertz CT molecular complexity index is 516. The molecule has 1 aromatic rings. The maximum Gasteiger partial charge on any atom is 0.271 e. The lowest BCUT2D eigenvalue weighted by molar-refractivity contribution is -0.00546. The highest BCUT2D eigenvalue weighted by atomic mass is 16.3. The van der Waals surface area contributed by atoms with Crippen molar-refractivity contribution in [3.63, 3.8) is 0 Å². The number of hydrogen-bond donors (Lipinski definition) is 3. The van der Waals surface area contributed by atoms with Crippen molar-refractivity contribution < 1.29 is 9.90 Å². The minimum Gasteiger partial charge on any atom is -0.395 e. The van der Waals surface area contributed by atoms with Crippen LogP contribution < -0.4 is 11.1 Å². The van der Waals surface area contributed by atoms with Gasteiger partial charge in [0.1, 0.15) is 5.69 Å². The normalized spacial score (nSPS) is 25.8. The summed E-state index contributed by atoms with van der Waals surface area (Å²) in [4.78, 5) is 12.3. The zero-order valence-corrected chi connectivity index (χ0v) is 13.1. The summed E-state index contributed by atoms with van der Waals surface area (Å²) in [6.07, 6.45) is 4.15. The third kappa shape index (κ3) is 3.37. The van der Waals surface area contributed by atoms with Crippen molar-refractivity contribution in [3.05, 3.63) is 11.4 Å². The van der Waals surface area contributed by atoms with Crippen molar-refractivity contribution in [2.75, 3.05) is 12.3 Å². The highest BCUT2D eigenvalue weighted by Gasteiger charge is 2.32. The topological polar surface area (TPSA) is 93.2 Å². The summed E-state index contributed by atoms with van der Waals surface area (Å²) in [5.41, 5.74) is 6.72. The van der Waals surface area contributed by atoms with Gasteiger partial charge in [-0.25, -0.2) is 0 Å². The Hall–Kier alpha value is -1.56. The van der Waals surface area contributed by atoms with Gasteiger partial charge >= 0.3 is 0 Å². The number of carbonyl (C=O) groups is 1. The molecule has 1 heterocycles. The minimum atomic E-state index is -0.789. The molecule has 0 atom stereocenters. The lowest BCUT2D eigenvalue weighted by atomic mass is 9.79. The summed E-state index contributed by atoms with van der Waals surface area (Å²) in [5, 5.41) is 17.6. The van der Waals surface area contributed by atoms with E-state index >= 15 is 0 Å². The Morgan fingerprint density at radius 3 is 2.67 bits per heavy atom. The molecular formula is C15H26N4O2. The monoisotopic (exact) mass is 294 g/mol. The predicted molar refractivity (Wildman–Crippen MR) is 81.9 cm³/mol. The molecule has 1 fully saturated rings. The standard InChI is InChI=1S/C15H26N4O2/c1-4-11-12(16)13(19(3)18-11)14(20)17-9-15(21)7-5-10(2)6-8-15/h10,21H,4-9,16H2,1-3H3,(H,17,20). The molecule has 1 aromatic heterocycles. The summed E-state index contributed by atoms with van der Waals surface area (Å²) in [6.45, 7) is 4.41. The molecule has 118 valence electrons. The molecule has 6 heteroatoms. The van der Waals surface area contributed by atoms with E-state index in [1.165, 1.54) is 4.68 Å². The second kappa shape index (κ2) is 6.05. The first-order valence-corrected chi connectivity index (χ1v) is 7.68. The Labute approximate surface area is 125 Å². The number of nitrogens with two attached hydrogens (primary N) is 1. The molecule has 6 nitrogen and oxygen atoms in total. The van der Waals surface area contributed by atoms with Crippen LogP contribution in [0.25, 0.3) is 0 Å². The van der Waals surface area contributed by atoms with Crippen molar-refractivity contribution in [1.29, 1.82) is 0 Å². The second-order valence-corrected chi connectivity index (χ2v) is 6.28. The van der Waals surface area contributed by atoms with Crippen LogP contribution in [0.1, 0.15) is 55.7 Å². The van der Waals surface area contributed by atoms with Crippen LogP contribution >= 0.6 is 0 Å². The molecule has 4 N–H and O–H groups in total. The van der Waals surface area contributed by atoms with E-state index in [1.807, 2.05) is 6.92 Å². The van der Waals surface area contributed by atoms with Gasteiger partial charge in [-0.2, -0.15) is 5.10 Å². The van der Waals surface area contributed by atoms with Gasteiger partial charge in [-0.15, -0.1) is 0 Å². The van der Waals surface area contributed by atoms with Crippen molar-refractivity contribution in [2.24, 2.45) is 13.0 Å². The summed E-state index contributed by atoms with van der Waals surface area (Å²) in [5.74, 6) is 0.384. The van der Waals surface area contributed by atoms with Crippen molar-refractivity contribution in [2.45, 2.75) is 51.6 Å². The second-order valence-electron chi connectivity index (χ2n) is 6.28. The van der Waals surface area contributed by atoms with Gasteiger partial charge in [0.2, 0.25) is 0 Å². The number of anilines is 1. The fraction of sp³-hybridized carbons (Fsp3) is 0.733. The largest absolute Gasteiger partial charge is 0.395 e. The Morgan fingerprint density at radius 1 is 1.52 bits per heavy atom. The summed E-state index contributed by atoms with van der Waals surface area (Å²) >= 11 is 0. The first-order chi connectivity index (χ1) is 9.86. The lowest BCUT2D eigenvalue weighted by Crippen LogP contribution is -2.45. The maximum atomic E-state index is 12.3. The van der Waals surface area contributed by atoms with Crippen LogP contribution in [-0.4, -0.2) is 32.9 Å². The molecule has 0 radical (unpaired) electrons. The van der Waals surface area contributed by atoms with Gasteiger partial charge in [-0.05, 0) is 38.0 Å². The van der Waals surface area contributed by atoms with Gasteiger partial charge in [0.15, 0.2) is 0 Å². The number of amides is 1. The number of aryl methyl sites for hydroxylation is 2. The number of nitrogens with one attached hydrogen (secondary N) is 1. The highest BCUT2D eigenvalue weighted by molar-refractivity contribution is 5.98. The van der Waals surface area contributed by atoms with E-state index in [-0.39, 0.29) is 12.5 Å². The fourth-order valence-electron chi connectivity index (χ4n) is 2.93. The summed E-state index contributed by atoms with van der Waals surface area (Å²) < 4.78 is 1.51. The van der Waals surface area contributed by atoms with Crippen molar-refractivity contribution in [1.82, 2.24) is 15.1 Å². The van der Waals surface area contributed by atoms with E-state index < -0.39 is 5.60 Å². The number of aliphatic hydroxyl groups is 1. The molecule has 2 rings (SSSR count). The van der Waals surface area contributed by atoms with E-state index in [1.54, 1.807) is 7.05 Å². The number of rotatable bonds is 4. The number of nitrogens with zero attached hydrogens (tertiary/aromatic N) is 2. The van der Waals surface area contributed by atoms with Gasteiger partial charge in [0, 0.05) is 13.6 Å². The van der Waals surface area contributed by atoms with Gasteiger partial charge in [-0.3, -0.25) is 9.48 Å². The first-order valence-electron chi connectivity index (χ1n) is 7.68.